The maximum atomic E-state index is 11.0. The van der Waals surface area contributed by atoms with Crippen molar-refractivity contribution in [3.8, 4) is 0 Å². The van der Waals surface area contributed by atoms with Gasteiger partial charge in [-0.2, -0.15) is 0 Å². The molecule has 1 fully saturated rings. The summed E-state index contributed by atoms with van der Waals surface area (Å²) in [7, 11) is 0. The van der Waals surface area contributed by atoms with E-state index in [0.29, 0.717) is 35.1 Å². The molecule has 5 heteroatoms. The Hall–Kier alpha value is -0.930. The summed E-state index contributed by atoms with van der Waals surface area (Å²) in [4.78, 5) is 11.0. The van der Waals surface area contributed by atoms with E-state index in [1.807, 2.05) is 0 Å². The Morgan fingerprint density at radius 1 is 1.44 bits per heavy atom. The molecule has 0 amide bonds. The summed E-state index contributed by atoms with van der Waals surface area (Å²) in [5.41, 5.74) is 0.0766. The lowest BCUT2D eigenvalue weighted by Crippen LogP contribution is -2.24. The number of hydrogen-bond acceptors (Lipinski definition) is 2. The predicted molar refractivity (Wildman–Crippen MR) is 64.3 cm³/mol. The highest BCUT2D eigenvalue weighted by atomic mass is 35.5. The summed E-state index contributed by atoms with van der Waals surface area (Å²) in [6.45, 7) is 0.391. The highest BCUT2D eigenvalue weighted by Gasteiger charge is 2.50. The maximum absolute atomic E-state index is 11.0. The molecule has 0 heterocycles. The second-order valence-electron chi connectivity index (χ2n) is 4.06. The Morgan fingerprint density at radius 3 is 2.69 bits per heavy atom. The molecule has 3 nitrogen and oxygen atoms in total. The molecular formula is C11H11Cl2NO2. The first-order valence-corrected chi connectivity index (χ1v) is 5.71. The van der Waals surface area contributed by atoms with Crippen LogP contribution in [0, 0.1) is 5.41 Å². The molecule has 1 aliphatic carbocycles. The maximum Gasteiger partial charge on any atom is 0.311 e. The van der Waals surface area contributed by atoms with Gasteiger partial charge in [0.2, 0.25) is 0 Å². The van der Waals surface area contributed by atoms with E-state index in [1.165, 1.54) is 0 Å². The minimum Gasteiger partial charge on any atom is -0.481 e. The Morgan fingerprint density at radius 2 is 2.12 bits per heavy atom. The fourth-order valence-corrected chi connectivity index (χ4v) is 1.87. The molecule has 0 saturated heterocycles. The van der Waals surface area contributed by atoms with Crippen LogP contribution in [-0.2, 0) is 4.79 Å². The summed E-state index contributed by atoms with van der Waals surface area (Å²) in [5, 5.41) is 13.2. The van der Waals surface area contributed by atoms with Gasteiger partial charge >= 0.3 is 5.97 Å². The molecule has 1 aliphatic rings. The van der Waals surface area contributed by atoms with Crippen molar-refractivity contribution in [2.45, 2.75) is 12.8 Å². The number of benzene rings is 1. The number of carboxylic acids is 1. The first kappa shape index (κ1) is 11.6. The van der Waals surface area contributed by atoms with Crippen LogP contribution in [0.2, 0.25) is 10.0 Å². The van der Waals surface area contributed by atoms with Crippen LogP contribution in [0.25, 0.3) is 0 Å². The van der Waals surface area contributed by atoms with Crippen molar-refractivity contribution in [2.24, 2.45) is 5.41 Å². The molecule has 0 bridgehead atoms. The molecule has 1 aromatic carbocycles. The van der Waals surface area contributed by atoms with Crippen LogP contribution in [0.15, 0.2) is 18.2 Å². The van der Waals surface area contributed by atoms with Gasteiger partial charge in [-0.25, -0.2) is 0 Å². The van der Waals surface area contributed by atoms with Gasteiger partial charge in [-0.1, -0.05) is 23.2 Å². The summed E-state index contributed by atoms with van der Waals surface area (Å²) < 4.78 is 0. The van der Waals surface area contributed by atoms with Crippen molar-refractivity contribution in [1.82, 2.24) is 0 Å². The van der Waals surface area contributed by atoms with Crippen molar-refractivity contribution in [2.75, 3.05) is 11.9 Å². The van der Waals surface area contributed by atoms with E-state index in [-0.39, 0.29) is 0 Å². The zero-order valence-electron chi connectivity index (χ0n) is 8.46. The van der Waals surface area contributed by atoms with Gasteiger partial charge in [0.25, 0.3) is 0 Å². The lowest BCUT2D eigenvalue weighted by molar-refractivity contribution is -0.142. The molecule has 0 aromatic heterocycles. The van der Waals surface area contributed by atoms with Crippen LogP contribution in [0.4, 0.5) is 5.69 Å². The monoisotopic (exact) mass is 259 g/mol. The normalized spacial score (nSPS) is 16.9. The molecule has 0 spiro atoms. The average Bonchev–Trinajstić information content (AvgIpc) is 3.00. The van der Waals surface area contributed by atoms with E-state index in [4.69, 9.17) is 28.3 Å². The highest BCUT2D eigenvalue weighted by molar-refractivity contribution is 6.35. The second-order valence-corrected chi connectivity index (χ2v) is 4.91. The molecule has 0 atom stereocenters. The van der Waals surface area contributed by atoms with Crippen LogP contribution in [0.3, 0.4) is 0 Å². The molecule has 2 N–H and O–H groups in total. The lowest BCUT2D eigenvalue weighted by atomic mass is 10.1. The van der Waals surface area contributed by atoms with Gasteiger partial charge in [0.05, 0.1) is 16.1 Å². The van der Waals surface area contributed by atoms with Crippen molar-refractivity contribution in [3.63, 3.8) is 0 Å². The Labute approximate surface area is 103 Å². The quantitative estimate of drug-likeness (QED) is 0.873. The zero-order valence-corrected chi connectivity index (χ0v) is 9.98. The van der Waals surface area contributed by atoms with Crippen LogP contribution in [-0.4, -0.2) is 17.6 Å². The fraction of sp³-hybridized carbons (Fsp3) is 0.364. The standard InChI is InChI=1S/C11H11Cl2NO2/c12-7-1-2-8(13)9(5-7)14-6-11(3-4-11)10(15)16/h1-2,5,14H,3-4,6H2,(H,15,16). The highest BCUT2D eigenvalue weighted by Crippen LogP contribution is 2.46. The third-order valence-electron chi connectivity index (χ3n) is 2.85. The van der Waals surface area contributed by atoms with E-state index >= 15 is 0 Å². The number of anilines is 1. The molecule has 0 radical (unpaired) electrons. The largest absolute Gasteiger partial charge is 0.481 e. The van der Waals surface area contributed by atoms with Gasteiger partial charge in [-0.05, 0) is 31.0 Å². The Balaban J connectivity index is 2.05. The summed E-state index contributed by atoms with van der Waals surface area (Å²) in [5.74, 6) is -0.752. The van der Waals surface area contributed by atoms with E-state index in [0.717, 1.165) is 0 Å². The number of nitrogens with one attached hydrogen (secondary N) is 1. The van der Waals surface area contributed by atoms with Gasteiger partial charge < -0.3 is 10.4 Å². The molecule has 16 heavy (non-hydrogen) atoms. The average molecular weight is 260 g/mol. The molecular weight excluding hydrogens is 249 g/mol. The Bertz CT molecular complexity index is 430. The van der Waals surface area contributed by atoms with E-state index in [1.54, 1.807) is 18.2 Å². The van der Waals surface area contributed by atoms with Gasteiger partial charge in [0, 0.05) is 11.6 Å². The molecule has 1 saturated carbocycles. The molecule has 0 aliphatic heterocycles. The molecule has 2 rings (SSSR count). The lowest BCUT2D eigenvalue weighted by Gasteiger charge is -2.13. The van der Waals surface area contributed by atoms with Crippen molar-refractivity contribution in [3.05, 3.63) is 28.2 Å². The Kier molecular flexibility index (Phi) is 3.00. The minimum atomic E-state index is -0.752. The van der Waals surface area contributed by atoms with E-state index < -0.39 is 11.4 Å². The number of carbonyl (C=O) groups is 1. The van der Waals surface area contributed by atoms with Crippen molar-refractivity contribution < 1.29 is 9.90 Å². The van der Waals surface area contributed by atoms with Gasteiger partial charge in [-0.15, -0.1) is 0 Å². The smallest absolute Gasteiger partial charge is 0.311 e. The zero-order chi connectivity index (χ0) is 11.8. The topological polar surface area (TPSA) is 49.3 Å². The van der Waals surface area contributed by atoms with Crippen molar-refractivity contribution >= 4 is 34.9 Å². The van der Waals surface area contributed by atoms with Crippen molar-refractivity contribution in [1.29, 1.82) is 0 Å². The molecule has 86 valence electrons. The third-order valence-corrected chi connectivity index (χ3v) is 3.42. The number of hydrogen-bond donors (Lipinski definition) is 2. The van der Waals surface area contributed by atoms with Crippen LogP contribution in [0.5, 0.6) is 0 Å². The number of rotatable bonds is 4. The van der Waals surface area contributed by atoms with E-state index in [9.17, 15) is 4.79 Å². The SMILES string of the molecule is O=C(O)C1(CNc2cc(Cl)ccc2Cl)CC1. The summed E-state index contributed by atoms with van der Waals surface area (Å²) >= 11 is 11.8. The van der Waals surface area contributed by atoms with Crippen LogP contribution < -0.4 is 5.32 Å². The number of aliphatic carboxylic acids is 1. The fourth-order valence-electron chi connectivity index (χ4n) is 1.51. The summed E-state index contributed by atoms with van der Waals surface area (Å²) in [6.07, 6.45) is 1.43. The van der Waals surface area contributed by atoms with Gasteiger partial charge in [0.15, 0.2) is 0 Å². The minimum absolute atomic E-state index is 0.391. The first-order valence-electron chi connectivity index (χ1n) is 4.96. The van der Waals surface area contributed by atoms with Gasteiger partial charge in [0.1, 0.15) is 0 Å². The predicted octanol–water partition coefficient (Wildman–Crippen LogP) is 3.27. The summed E-state index contributed by atoms with van der Waals surface area (Å²) in [6, 6.07) is 5.08. The number of carboxylic acid groups (broad SMARTS) is 1. The van der Waals surface area contributed by atoms with E-state index in [2.05, 4.69) is 5.32 Å². The first-order chi connectivity index (χ1) is 7.53. The number of halogens is 2. The van der Waals surface area contributed by atoms with Crippen LogP contribution >= 0.6 is 23.2 Å². The van der Waals surface area contributed by atoms with Gasteiger partial charge in [-0.3, -0.25) is 4.79 Å². The third kappa shape index (κ3) is 2.25. The molecule has 0 unspecified atom stereocenters. The molecule has 1 aromatic rings. The second kappa shape index (κ2) is 4.15. The van der Waals surface area contributed by atoms with Crippen LogP contribution in [0.1, 0.15) is 12.8 Å².